The maximum Gasteiger partial charge on any atom is 0.319 e. The molecule has 0 spiro atoms. The third-order valence-corrected chi connectivity index (χ3v) is 4.46. The number of nitrogens with zero attached hydrogens (tertiary/aromatic N) is 3. The van der Waals surface area contributed by atoms with Gasteiger partial charge in [-0.05, 0) is 38.7 Å². The van der Waals surface area contributed by atoms with Gasteiger partial charge >= 0.3 is 6.03 Å². The van der Waals surface area contributed by atoms with Gasteiger partial charge in [0.05, 0.1) is 28.6 Å². The fourth-order valence-corrected chi connectivity index (χ4v) is 3.13. The molecule has 2 amide bonds. The Kier molecular flexibility index (Phi) is 5.65. The van der Waals surface area contributed by atoms with Gasteiger partial charge in [-0.15, -0.1) is 11.8 Å². The zero-order chi connectivity index (χ0) is 17.0. The number of amides is 2. The summed E-state index contributed by atoms with van der Waals surface area (Å²) >= 11 is 1.67. The quantitative estimate of drug-likeness (QED) is 0.822. The Hall–Kier alpha value is -2.02. The Morgan fingerprint density at radius 1 is 1.39 bits per heavy atom. The summed E-state index contributed by atoms with van der Waals surface area (Å²) < 4.78 is 1.83. The molecule has 0 aromatic carbocycles. The van der Waals surface area contributed by atoms with Crippen LogP contribution in [0.4, 0.5) is 10.5 Å². The second kappa shape index (κ2) is 7.50. The molecule has 2 heterocycles. The van der Waals surface area contributed by atoms with E-state index in [9.17, 15) is 4.79 Å². The highest BCUT2D eigenvalue weighted by molar-refractivity contribution is 7.99. The first-order valence-electron chi connectivity index (χ1n) is 7.58. The van der Waals surface area contributed by atoms with E-state index in [2.05, 4.69) is 27.6 Å². The highest BCUT2D eigenvalue weighted by Gasteiger charge is 2.18. The molecule has 0 aliphatic carbocycles. The number of aryl methyl sites for hydroxylation is 2. The van der Waals surface area contributed by atoms with Crippen LogP contribution in [0, 0.1) is 13.8 Å². The molecule has 124 valence electrons. The van der Waals surface area contributed by atoms with Crippen molar-refractivity contribution in [2.45, 2.75) is 38.8 Å². The van der Waals surface area contributed by atoms with Gasteiger partial charge in [-0.25, -0.2) is 9.78 Å². The van der Waals surface area contributed by atoms with Crippen molar-refractivity contribution in [3.8, 4) is 0 Å². The van der Waals surface area contributed by atoms with Crippen molar-refractivity contribution in [2.75, 3.05) is 11.1 Å². The number of thioether (sulfide) groups is 1. The summed E-state index contributed by atoms with van der Waals surface area (Å²) in [6.45, 7) is 7.98. The lowest BCUT2D eigenvalue weighted by Crippen LogP contribution is -2.31. The van der Waals surface area contributed by atoms with E-state index in [-0.39, 0.29) is 12.1 Å². The summed E-state index contributed by atoms with van der Waals surface area (Å²) in [5, 5.41) is 11.1. The van der Waals surface area contributed by atoms with Gasteiger partial charge < -0.3 is 10.6 Å². The van der Waals surface area contributed by atoms with Crippen molar-refractivity contribution < 1.29 is 4.79 Å². The Bertz CT molecular complexity index is 681. The molecule has 0 saturated carbocycles. The summed E-state index contributed by atoms with van der Waals surface area (Å²) in [6.07, 6.45) is 1.67. The first-order valence-corrected chi connectivity index (χ1v) is 8.57. The van der Waals surface area contributed by atoms with Gasteiger partial charge in [-0.1, -0.05) is 6.92 Å². The van der Waals surface area contributed by atoms with Crippen molar-refractivity contribution in [2.24, 2.45) is 7.05 Å². The normalized spacial score (nSPS) is 12.0. The lowest BCUT2D eigenvalue weighted by molar-refractivity contribution is 0.249. The predicted octanol–water partition coefficient (Wildman–Crippen LogP) is 3.43. The number of aromatic nitrogens is 3. The number of hydrogen-bond donors (Lipinski definition) is 2. The largest absolute Gasteiger partial charge is 0.331 e. The van der Waals surface area contributed by atoms with Gasteiger partial charge in [0.1, 0.15) is 0 Å². The van der Waals surface area contributed by atoms with Crippen LogP contribution in [0.1, 0.15) is 36.8 Å². The highest BCUT2D eigenvalue weighted by atomic mass is 32.2. The van der Waals surface area contributed by atoms with Gasteiger partial charge in [-0.2, -0.15) is 5.10 Å². The zero-order valence-corrected chi connectivity index (χ0v) is 15.0. The van der Waals surface area contributed by atoms with Gasteiger partial charge in [0.15, 0.2) is 0 Å². The third kappa shape index (κ3) is 4.25. The minimum atomic E-state index is -0.252. The molecule has 0 unspecified atom stereocenters. The van der Waals surface area contributed by atoms with E-state index in [4.69, 9.17) is 0 Å². The Balaban J connectivity index is 1.98. The smallest absolute Gasteiger partial charge is 0.319 e. The molecule has 0 radical (unpaired) electrons. The topological polar surface area (TPSA) is 71.8 Å². The first kappa shape index (κ1) is 17.3. The fraction of sp³-hybridized carbons (Fsp3) is 0.438. The molecule has 0 fully saturated rings. The Morgan fingerprint density at radius 3 is 2.65 bits per heavy atom. The summed E-state index contributed by atoms with van der Waals surface area (Å²) in [5.41, 5.74) is 3.71. The number of pyridine rings is 1. The van der Waals surface area contributed by atoms with E-state index in [0.717, 1.165) is 27.7 Å². The molecule has 1 atom stereocenters. The maximum atomic E-state index is 12.2. The molecule has 0 aliphatic rings. The summed E-state index contributed by atoms with van der Waals surface area (Å²) in [7, 11) is 1.90. The number of carbonyl (C=O) groups excluding carboxylic acids is 1. The average molecular weight is 333 g/mol. The fourth-order valence-electron chi connectivity index (χ4n) is 2.54. The molecule has 2 N–H and O–H groups in total. The van der Waals surface area contributed by atoms with Crippen LogP contribution in [0.25, 0.3) is 0 Å². The minimum absolute atomic E-state index is 0.119. The maximum absolute atomic E-state index is 12.2. The zero-order valence-electron chi connectivity index (χ0n) is 14.2. The van der Waals surface area contributed by atoms with E-state index in [0.29, 0.717) is 5.69 Å². The van der Waals surface area contributed by atoms with Crippen LogP contribution in [0.15, 0.2) is 23.4 Å². The molecular formula is C16H23N5OS. The van der Waals surface area contributed by atoms with Gasteiger partial charge in [-0.3, -0.25) is 4.68 Å². The number of rotatable bonds is 5. The second-order valence-corrected chi connectivity index (χ2v) is 6.63. The molecule has 6 nitrogen and oxygen atoms in total. The van der Waals surface area contributed by atoms with Crippen LogP contribution in [0.2, 0.25) is 0 Å². The Labute approximate surface area is 141 Å². The molecule has 2 aromatic heterocycles. The average Bonchev–Trinajstić information content (AvgIpc) is 2.74. The number of urea groups is 1. The number of anilines is 1. The van der Waals surface area contributed by atoms with Crippen LogP contribution >= 0.6 is 11.8 Å². The summed E-state index contributed by atoms with van der Waals surface area (Å²) in [4.78, 5) is 16.5. The summed E-state index contributed by atoms with van der Waals surface area (Å²) in [6, 6.07) is 3.39. The van der Waals surface area contributed by atoms with Gasteiger partial charge in [0.2, 0.25) is 0 Å². The first-order chi connectivity index (χ1) is 10.9. The van der Waals surface area contributed by atoms with Crippen LogP contribution in [-0.4, -0.2) is 26.5 Å². The Morgan fingerprint density at radius 2 is 2.13 bits per heavy atom. The number of nitrogens with one attached hydrogen (secondary N) is 2. The SMILES string of the molecule is CCSc1ccc(NC(=O)N[C@H](C)c2c(C)nn(C)c2C)cn1. The van der Waals surface area contributed by atoms with Crippen molar-refractivity contribution in [3.05, 3.63) is 35.3 Å². The minimum Gasteiger partial charge on any atom is -0.331 e. The van der Waals surface area contributed by atoms with Crippen molar-refractivity contribution in [1.82, 2.24) is 20.1 Å². The van der Waals surface area contributed by atoms with E-state index in [1.807, 2.05) is 44.6 Å². The molecule has 7 heteroatoms. The van der Waals surface area contributed by atoms with Crippen molar-refractivity contribution in [1.29, 1.82) is 0 Å². The highest BCUT2D eigenvalue weighted by Crippen LogP contribution is 2.21. The monoisotopic (exact) mass is 333 g/mol. The lowest BCUT2D eigenvalue weighted by atomic mass is 10.1. The van der Waals surface area contributed by atoms with E-state index in [1.165, 1.54) is 0 Å². The molecule has 0 aliphatic heterocycles. The van der Waals surface area contributed by atoms with E-state index >= 15 is 0 Å². The predicted molar refractivity (Wildman–Crippen MR) is 93.9 cm³/mol. The number of hydrogen-bond acceptors (Lipinski definition) is 4. The lowest BCUT2D eigenvalue weighted by Gasteiger charge is -2.15. The van der Waals surface area contributed by atoms with Crippen molar-refractivity contribution in [3.63, 3.8) is 0 Å². The van der Waals surface area contributed by atoms with Gasteiger partial charge in [0, 0.05) is 18.3 Å². The van der Waals surface area contributed by atoms with Crippen LogP contribution < -0.4 is 10.6 Å². The van der Waals surface area contributed by atoms with E-state index < -0.39 is 0 Å². The third-order valence-electron chi connectivity index (χ3n) is 3.63. The second-order valence-electron chi connectivity index (χ2n) is 5.35. The molecular weight excluding hydrogens is 310 g/mol. The molecule has 2 rings (SSSR count). The van der Waals surface area contributed by atoms with Crippen molar-refractivity contribution >= 4 is 23.5 Å². The standard InChI is InChI=1S/C16H23N5OS/c1-6-23-14-8-7-13(9-17-14)19-16(22)18-10(2)15-11(3)20-21(5)12(15)4/h7-10H,6H2,1-5H3,(H2,18,19,22)/t10-/m1/s1. The number of carbonyl (C=O) groups is 1. The molecule has 2 aromatic rings. The van der Waals surface area contributed by atoms with Crippen LogP contribution in [0.5, 0.6) is 0 Å². The molecule has 23 heavy (non-hydrogen) atoms. The van der Waals surface area contributed by atoms with E-state index in [1.54, 1.807) is 18.0 Å². The molecule has 0 bridgehead atoms. The van der Waals surface area contributed by atoms with Crippen LogP contribution in [-0.2, 0) is 7.05 Å². The van der Waals surface area contributed by atoms with Crippen LogP contribution in [0.3, 0.4) is 0 Å². The summed E-state index contributed by atoms with van der Waals surface area (Å²) in [5.74, 6) is 0.974. The molecule has 0 saturated heterocycles. The van der Waals surface area contributed by atoms with Gasteiger partial charge in [0.25, 0.3) is 0 Å².